The monoisotopic (exact) mass is 290 g/mol. The molecule has 3 aliphatic rings. The van der Waals surface area contributed by atoms with Crippen LogP contribution in [0.2, 0.25) is 0 Å². The molecule has 0 spiro atoms. The van der Waals surface area contributed by atoms with E-state index in [9.17, 15) is 0 Å². The lowest BCUT2D eigenvalue weighted by Crippen LogP contribution is -2.04. The Morgan fingerprint density at radius 2 is 2.00 bits per heavy atom. The van der Waals surface area contributed by atoms with Crippen LogP contribution in [-0.2, 0) is 6.42 Å². The number of fused-ring (bicyclic) bond motifs is 2. The standard InChI is InChI=1S/C22H26/c1-15-3-6-17(7-4-15)12-18-8-10-20-14-19-9-5-16(2)11-21(19)22(20)13-18/h5-6,9,11,13,15H,3-4,7-8,10,12,14H2,1-2H3. The maximum atomic E-state index is 2.53. The molecule has 22 heavy (non-hydrogen) atoms. The van der Waals surface area contributed by atoms with E-state index in [1.807, 2.05) is 0 Å². The molecule has 0 heterocycles. The number of allylic oxidation sites excluding steroid dienone is 6. The van der Waals surface area contributed by atoms with E-state index in [0.29, 0.717) is 0 Å². The molecule has 0 nitrogen and oxygen atoms in total. The molecule has 0 fully saturated rings. The molecule has 1 atom stereocenters. The Bertz CT molecular complexity index is 697. The number of hydrogen-bond donors (Lipinski definition) is 0. The van der Waals surface area contributed by atoms with Gasteiger partial charge in [0.05, 0.1) is 0 Å². The highest BCUT2D eigenvalue weighted by atomic mass is 14.3. The van der Waals surface area contributed by atoms with E-state index < -0.39 is 0 Å². The zero-order chi connectivity index (χ0) is 15.1. The van der Waals surface area contributed by atoms with Crippen molar-refractivity contribution in [3.63, 3.8) is 0 Å². The van der Waals surface area contributed by atoms with Crippen LogP contribution < -0.4 is 0 Å². The molecule has 0 heteroatoms. The first-order chi connectivity index (χ1) is 10.7. The first-order valence-electron chi connectivity index (χ1n) is 8.88. The van der Waals surface area contributed by atoms with Crippen LogP contribution in [0.3, 0.4) is 0 Å². The zero-order valence-corrected chi connectivity index (χ0v) is 13.9. The summed E-state index contributed by atoms with van der Waals surface area (Å²) < 4.78 is 0. The lowest BCUT2D eigenvalue weighted by Gasteiger charge is -2.21. The third-order valence-corrected chi connectivity index (χ3v) is 5.66. The molecule has 0 N–H and O–H groups in total. The molecule has 114 valence electrons. The molecule has 0 radical (unpaired) electrons. The minimum Gasteiger partial charge on any atom is -0.0847 e. The minimum absolute atomic E-state index is 0.892. The Labute approximate surface area is 134 Å². The van der Waals surface area contributed by atoms with Gasteiger partial charge in [0.15, 0.2) is 0 Å². The van der Waals surface area contributed by atoms with Crippen LogP contribution in [0.4, 0.5) is 0 Å². The van der Waals surface area contributed by atoms with E-state index in [1.165, 1.54) is 56.1 Å². The van der Waals surface area contributed by atoms with E-state index in [-0.39, 0.29) is 0 Å². The molecule has 0 aliphatic heterocycles. The van der Waals surface area contributed by atoms with Gasteiger partial charge >= 0.3 is 0 Å². The molecule has 4 rings (SSSR count). The molecule has 0 bridgehead atoms. The topological polar surface area (TPSA) is 0 Å². The Morgan fingerprint density at radius 3 is 2.82 bits per heavy atom. The smallest absolute Gasteiger partial charge is 0.00516 e. The van der Waals surface area contributed by atoms with Crippen molar-refractivity contribution in [2.24, 2.45) is 5.92 Å². The molecule has 1 unspecified atom stereocenters. The van der Waals surface area contributed by atoms with E-state index in [0.717, 1.165) is 5.92 Å². The van der Waals surface area contributed by atoms with Gasteiger partial charge in [-0.25, -0.2) is 0 Å². The molecule has 1 aromatic carbocycles. The van der Waals surface area contributed by atoms with E-state index in [2.05, 4.69) is 44.2 Å². The summed E-state index contributed by atoms with van der Waals surface area (Å²) in [6.45, 7) is 4.59. The largest absolute Gasteiger partial charge is 0.0847 e. The second-order valence-corrected chi connectivity index (χ2v) is 7.58. The normalized spacial score (nSPS) is 23.8. The number of hydrogen-bond acceptors (Lipinski definition) is 0. The summed E-state index contributed by atoms with van der Waals surface area (Å²) in [7, 11) is 0. The van der Waals surface area contributed by atoms with Crippen LogP contribution in [0, 0.1) is 12.8 Å². The van der Waals surface area contributed by atoms with Crippen LogP contribution in [-0.4, -0.2) is 0 Å². The summed E-state index contributed by atoms with van der Waals surface area (Å²) in [4.78, 5) is 0. The molecular formula is C22H26. The summed E-state index contributed by atoms with van der Waals surface area (Å²) in [6.07, 6.45) is 14.0. The van der Waals surface area contributed by atoms with Gasteiger partial charge in [0, 0.05) is 0 Å². The van der Waals surface area contributed by atoms with Crippen LogP contribution in [0.1, 0.15) is 62.1 Å². The third kappa shape index (κ3) is 2.60. The van der Waals surface area contributed by atoms with Crippen LogP contribution in [0.15, 0.2) is 47.1 Å². The van der Waals surface area contributed by atoms with Gasteiger partial charge in [-0.15, -0.1) is 0 Å². The van der Waals surface area contributed by atoms with Gasteiger partial charge in [-0.05, 0) is 74.5 Å². The van der Waals surface area contributed by atoms with Gasteiger partial charge in [-0.1, -0.05) is 59.6 Å². The third-order valence-electron chi connectivity index (χ3n) is 5.66. The maximum Gasteiger partial charge on any atom is -0.00516 e. The average molecular weight is 290 g/mol. The predicted octanol–water partition coefficient (Wildman–Crippen LogP) is 6.16. The van der Waals surface area contributed by atoms with Crippen molar-refractivity contribution < 1.29 is 0 Å². The SMILES string of the molecule is Cc1ccc2c(c1)C1=C(CCC(CC3=CCC(C)CC3)=C1)C2. The van der Waals surface area contributed by atoms with Crippen LogP contribution >= 0.6 is 0 Å². The van der Waals surface area contributed by atoms with Crippen molar-refractivity contribution >= 4 is 5.57 Å². The lowest BCUT2D eigenvalue weighted by atomic mass is 9.84. The van der Waals surface area contributed by atoms with Gasteiger partial charge in [-0.3, -0.25) is 0 Å². The van der Waals surface area contributed by atoms with Crippen molar-refractivity contribution in [3.05, 3.63) is 63.8 Å². The summed E-state index contributed by atoms with van der Waals surface area (Å²) in [6, 6.07) is 6.98. The first-order valence-corrected chi connectivity index (χ1v) is 8.88. The minimum atomic E-state index is 0.892. The Kier molecular flexibility index (Phi) is 3.56. The second kappa shape index (κ2) is 5.57. The molecule has 0 amide bonds. The van der Waals surface area contributed by atoms with Crippen molar-refractivity contribution in [3.8, 4) is 0 Å². The molecule has 0 saturated heterocycles. The van der Waals surface area contributed by atoms with Crippen LogP contribution in [0.5, 0.6) is 0 Å². The highest BCUT2D eigenvalue weighted by Gasteiger charge is 2.24. The Balaban J connectivity index is 1.58. The van der Waals surface area contributed by atoms with Gasteiger partial charge < -0.3 is 0 Å². The fourth-order valence-electron chi connectivity index (χ4n) is 4.21. The Hall–Kier alpha value is -1.56. The molecule has 1 aromatic rings. The van der Waals surface area contributed by atoms with Gasteiger partial charge in [0.1, 0.15) is 0 Å². The number of benzene rings is 1. The maximum absolute atomic E-state index is 2.53. The average Bonchev–Trinajstić information content (AvgIpc) is 2.87. The molecule has 3 aliphatic carbocycles. The first kappa shape index (κ1) is 14.1. The summed E-state index contributed by atoms with van der Waals surface area (Å²) in [5.41, 5.74) is 11.0. The quantitative estimate of drug-likeness (QED) is 0.572. The predicted molar refractivity (Wildman–Crippen MR) is 94.8 cm³/mol. The van der Waals surface area contributed by atoms with Crippen molar-refractivity contribution in [1.82, 2.24) is 0 Å². The highest BCUT2D eigenvalue weighted by Crippen LogP contribution is 2.42. The number of aryl methyl sites for hydroxylation is 1. The molecular weight excluding hydrogens is 264 g/mol. The Morgan fingerprint density at radius 1 is 1.09 bits per heavy atom. The van der Waals surface area contributed by atoms with Crippen molar-refractivity contribution in [1.29, 1.82) is 0 Å². The number of rotatable bonds is 2. The zero-order valence-electron chi connectivity index (χ0n) is 13.9. The van der Waals surface area contributed by atoms with Crippen molar-refractivity contribution in [2.45, 2.75) is 58.8 Å². The van der Waals surface area contributed by atoms with Gasteiger partial charge in [-0.2, -0.15) is 0 Å². The van der Waals surface area contributed by atoms with Crippen LogP contribution in [0.25, 0.3) is 5.57 Å². The highest BCUT2D eigenvalue weighted by molar-refractivity contribution is 5.84. The summed E-state index contributed by atoms with van der Waals surface area (Å²) >= 11 is 0. The fraction of sp³-hybridized carbons (Fsp3) is 0.455. The fourth-order valence-corrected chi connectivity index (χ4v) is 4.21. The summed E-state index contributed by atoms with van der Waals surface area (Å²) in [5, 5.41) is 0. The van der Waals surface area contributed by atoms with E-state index >= 15 is 0 Å². The van der Waals surface area contributed by atoms with Gasteiger partial charge in [0.2, 0.25) is 0 Å². The molecule has 0 aromatic heterocycles. The van der Waals surface area contributed by atoms with E-state index in [1.54, 1.807) is 27.9 Å². The summed E-state index contributed by atoms with van der Waals surface area (Å²) in [5.74, 6) is 0.892. The van der Waals surface area contributed by atoms with Gasteiger partial charge in [0.25, 0.3) is 0 Å². The van der Waals surface area contributed by atoms with Crippen molar-refractivity contribution in [2.75, 3.05) is 0 Å². The van der Waals surface area contributed by atoms with E-state index in [4.69, 9.17) is 0 Å². The molecule has 0 saturated carbocycles. The lowest BCUT2D eigenvalue weighted by molar-refractivity contribution is 0.508. The second-order valence-electron chi connectivity index (χ2n) is 7.58.